The van der Waals surface area contributed by atoms with Crippen molar-refractivity contribution in [2.24, 2.45) is 5.92 Å². The summed E-state index contributed by atoms with van der Waals surface area (Å²) in [6, 6.07) is 15.2. The number of amides is 1. The van der Waals surface area contributed by atoms with Gasteiger partial charge in [0, 0.05) is 38.3 Å². The molecule has 1 amide bonds. The summed E-state index contributed by atoms with van der Waals surface area (Å²) in [4.78, 5) is 17.0. The first-order chi connectivity index (χ1) is 12.6. The van der Waals surface area contributed by atoms with Crippen molar-refractivity contribution in [2.45, 2.75) is 31.7 Å². The predicted molar refractivity (Wildman–Crippen MR) is 102 cm³/mol. The predicted octanol–water partition coefficient (Wildman–Crippen LogP) is 4.19. The Morgan fingerprint density at radius 2 is 1.81 bits per heavy atom. The second-order valence-corrected chi connectivity index (χ2v) is 7.49. The Kier molecular flexibility index (Phi) is 4.66. The number of anilines is 1. The Balaban J connectivity index is 1.44. The zero-order valence-corrected chi connectivity index (χ0v) is 15.2. The molecule has 2 aliphatic rings. The molecule has 0 N–H and O–H groups in total. The van der Waals surface area contributed by atoms with Crippen LogP contribution in [0, 0.1) is 11.7 Å². The molecule has 1 saturated carbocycles. The van der Waals surface area contributed by atoms with Crippen molar-refractivity contribution < 1.29 is 9.18 Å². The van der Waals surface area contributed by atoms with Gasteiger partial charge in [-0.3, -0.25) is 4.79 Å². The molecule has 1 aliphatic heterocycles. The quantitative estimate of drug-likeness (QED) is 0.806. The van der Waals surface area contributed by atoms with Gasteiger partial charge in [0.15, 0.2) is 0 Å². The van der Waals surface area contributed by atoms with Crippen LogP contribution in [0.5, 0.6) is 0 Å². The summed E-state index contributed by atoms with van der Waals surface area (Å²) in [5, 5.41) is 0. The van der Waals surface area contributed by atoms with Crippen LogP contribution < -0.4 is 4.90 Å². The second-order valence-electron chi connectivity index (χ2n) is 7.49. The minimum atomic E-state index is -0.199. The lowest BCUT2D eigenvalue weighted by Crippen LogP contribution is -2.29. The van der Waals surface area contributed by atoms with E-state index in [0.29, 0.717) is 12.1 Å². The van der Waals surface area contributed by atoms with Crippen LogP contribution in [0.3, 0.4) is 0 Å². The number of halogens is 1. The Morgan fingerprint density at radius 1 is 1.12 bits per heavy atom. The summed E-state index contributed by atoms with van der Waals surface area (Å²) in [5.74, 6) is -0.139. The number of nitrogens with zero attached hydrogens (tertiary/aromatic N) is 2. The molecule has 0 radical (unpaired) electrons. The SMILES string of the molecule is CN(Cc1ccccc1N1CCCC1)C(=O)C1CC1c1ccccc1F. The lowest BCUT2D eigenvalue weighted by atomic mass is 10.1. The van der Waals surface area contributed by atoms with Gasteiger partial charge in [-0.2, -0.15) is 0 Å². The Hall–Kier alpha value is -2.36. The number of para-hydroxylation sites is 1. The molecule has 0 bridgehead atoms. The van der Waals surface area contributed by atoms with Crippen LogP contribution in [0.25, 0.3) is 0 Å². The molecule has 4 heteroatoms. The molecule has 1 saturated heterocycles. The van der Waals surface area contributed by atoms with E-state index < -0.39 is 0 Å². The fraction of sp³-hybridized carbons (Fsp3) is 0.409. The maximum Gasteiger partial charge on any atom is 0.226 e. The second kappa shape index (κ2) is 7.10. The van der Waals surface area contributed by atoms with Gasteiger partial charge in [0.05, 0.1) is 0 Å². The molecule has 2 aromatic rings. The van der Waals surface area contributed by atoms with Gasteiger partial charge >= 0.3 is 0 Å². The molecule has 26 heavy (non-hydrogen) atoms. The molecular formula is C22H25FN2O. The van der Waals surface area contributed by atoms with Crippen molar-refractivity contribution in [1.82, 2.24) is 4.90 Å². The van der Waals surface area contributed by atoms with E-state index in [1.165, 1.54) is 30.2 Å². The van der Waals surface area contributed by atoms with E-state index in [4.69, 9.17) is 0 Å². The van der Waals surface area contributed by atoms with E-state index in [1.54, 1.807) is 17.0 Å². The van der Waals surface area contributed by atoms with E-state index in [9.17, 15) is 9.18 Å². The molecule has 3 nitrogen and oxygen atoms in total. The smallest absolute Gasteiger partial charge is 0.226 e. The van der Waals surface area contributed by atoms with Gasteiger partial charge in [-0.1, -0.05) is 36.4 Å². The number of rotatable bonds is 5. The van der Waals surface area contributed by atoms with Crippen LogP contribution in [0.2, 0.25) is 0 Å². The van der Waals surface area contributed by atoms with E-state index >= 15 is 0 Å². The first-order valence-electron chi connectivity index (χ1n) is 9.47. The highest BCUT2D eigenvalue weighted by atomic mass is 19.1. The number of carbonyl (C=O) groups is 1. The lowest BCUT2D eigenvalue weighted by molar-refractivity contribution is -0.131. The first-order valence-corrected chi connectivity index (χ1v) is 9.47. The lowest BCUT2D eigenvalue weighted by Gasteiger charge is -2.24. The van der Waals surface area contributed by atoms with E-state index in [0.717, 1.165) is 19.5 Å². The van der Waals surface area contributed by atoms with Crippen molar-refractivity contribution in [1.29, 1.82) is 0 Å². The first kappa shape index (κ1) is 17.1. The van der Waals surface area contributed by atoms with Crippen LogP contribution in [0.1, 0.15) is 36.3 Å². The molecular weight excluding hydrogens is 327 g/mol. The van der Waals surface area contributed by atoms with Gasteiger partial charge in [-0.05, 0) is 48.4 Å². The molecule has 0 spiro atoms. The largest absolute Gasteiger partial charge is 0.371 e. The van der Waals surface area contributed by atoms with Crippen LogP contribution in [0.15, 0.2) is 48.5 Å². The van der Waals surface area contributed by atoms with Gasteiger partial charge in [0.1, 0.15) is 5.82 Å². The van der Waals surface area contributed by atoms with Crippen LogP contribution >= 0.6 is 0 Å². The third-order valence-electron chi connectivity index (χ3n) is 5.63. The van der Waals surface area contributed by atoms with E-state index in [-0.39, 0.29) is 23.6 Å². The Bertz CT molecular complexity index is 800. The standard InChI is InChI=1S/C22H25FN2O/c1-24(15-16-8-2-5-11-21(16)25-12-6-7-13-25)22(26)19-14-18(19)17-9-3-4-10-20(17)23/h2-5,8-11,18-19H,6-7,12-15H2,1H3. The minimum Gasteiger partial charge on any atom is -0.371 e. The van der Waals surface area contributed by atoms with Crippen molar-refractivity contribution >= 4 is 11.6 Å². The van der Waals surface area contributed by atoms with Crippen molar-refractivity contribution in [2.75, 3.05) is 25.0 Å². The van der Waals surface area contributed by atoms with Crippen LogP contribution in [-0.2, 0) is 11.3 Å². The summed E-state index contributed by atoms with van der Waals surface area (Å²) in [7, 11) is 1.86. The summed E-state index contributed by atoms with van der Waals surface area (Å²) in [5.41, 5.74) is 3.11. The van der Waals surface area contributed by atoms with Gasteiger partial charge in [0.25, 0.3) is 0 Å². The normalized spacial score (nSPS) is 21.7. The summed E-state index contributed by atoms with van der Waals surface area (Å²) >= 11 is 0. The molecule has 2 fully saturated rings. The topological polar surface area (TPSA) is 23.6 Å². The number of carbonyl (C=O) groups excluding carboxylic acids is 1. The van der Waals surface area contributed by atoms with Crippen molar-refractivity contribution in [3.05, 3.63) is 65.5 Å². The van der Waals surface area contributed by atoms with Gasteiger partial charge in [-0.15, -0.1) is 0 Å². The number of hydrogen-bond acceptors (Lipinski definition) is 2. The van der Waals surface area contributed by atoms with Crippen LogP contribution in [-0.4, -0.2) is 30.9 Å². The molecule has 2 atom stereocenters. The number of hydrogen-bond donors (Lipinski definition) is 0. The van der Waals surface area contributed by atoms with Crippen molar-refractivity contribution in [3.8, 4) is 0 Å². The van der Waals surface area contributed by atoms with Gasteiger partial charge < -0.3 is 9.80 Å². The highest BCUT2D eigenvalue weighted by Crippen LogP contribution is 2.49. The zero-order valence-electron chi connectivity index (χ0n) is 15.2. The fourth-order valence-corrected chi connectivity index (χ4v) is 4.12. The van der Waals surface area contributed by atoms with Gasteiger partial charge in [-0.25, -0.2) is 4.39 Å². The molecule has 0 aromatic heterocycles. The Morgan fingerprint density at radius 3 is 2.58 bits per heavy atom. The Labute approximate surface area is 154 Å². The summed E-state index contributed by atoms with van der Waals surface area (Å²) in [6.07, 6.45) is 3.21. The molecule has 2 aromatic carbocycles. The molecule has 4 rings (SSSR count). The third kappa shape index (κ3) is 3.33. The van der Waals surface area contributed by atoms with Crippen molar-refractivity contribution in [3.63, 3.8) is 0 Å². The molecule has 136 valence electrons. The molecule has 1 aliphatic carbocycles. The third-order valence-corrected chi connectivity index (χ3v) is 5.63. The zero-order chi connectivity index (χ0) is 18.1. The van der Waals surface area contributed by atoms with Crippen LogP contribution in [0.4, 0.5) is 10.1 Å². The van der Waals surface area contributed by atoms with E-state index in [1.807, 2.05) is 19.2 Å². The van der Waals surface area contributed by atoms with Gasteiger partial charge in [0.2, 0.25) is 5.91 Å². The highest BCUT2D eigenvalue weighted by molar-refractivity contribution is 5.83. The van der Waals surface area contributed by atoms with E-state index in [2.05, 4.69) is 23.1 Å². The molecule has 1 heterocycles. The average molecular weight is 352 g/mol. The highest BCUT2D eigenvalue weighted by Gasteiger charge is 2.46. The fourth-order valence-electron chi connectivity index (χ4n) is 4.12. The number of benzene rings is 2. The maximum absolute atomic E-state index is 14.0. The summed E-state index contributed by atoms with van der Waals surface area (Å²) < 4.78 is 14.0. The minimum absolute atomic E-state index is 0.0278. The molecule has 2 unspecified atom stereocenters. The summed E-state index contributed by atoms with van der Waals surface area (Å²) in [6.45, 7) is 2.78. The monoisotopic (exact) mass is 352 g/mol. The maximum atomic E-state index is 14.0. The average Bonchev–Trinajstić information content (AvgIpc) is 3.25.